The van der Waals surface area contributed by atoms with Gasteiger partial charge in [-0.05, 0) is 65.4 Å². The Bertz CT molecular complexity index is 1260. The van der Waals surface area contributed by atoms with Gasteiger partial charge in [0.25, 0.3) is 11.1 Å². The van der Waals surface area contributed by atoms with Crippen molar-refractivity contribution >= 4 is 52.2 Å². The molecule has 1 fully saturated rings. The van der Waals surface area contributed by atoms with Crippen molar-refractivity contribution in [2.24, 2.45) is 0 Å². The summed E-state index contributed by atoms with van der Waals surface area (Å²) in [6.07, 6.45) is 1.64. The number of halogens is 2. The number of amides is 2. The molecule has 180 valence electrons. The van der Waals surface area contributed by atoms with Gasteiger partial charge in [0, 0.05) is 5.02 Å². The lowest BCUT2D eigenvalue weighted by Crippen LogP contribution is -2.32. The lowest BCUT2D eigenvalue weighted by molar-refractivity contribution is -0.123. The molecule has 3 aromatic rings. The monoisotopic (exact) mass is 529 g/mol. The summed E-state index contributed by atoms with van der Waals surface area (Å²) >= 11 is 13.2. The first-order valence-electron chi connectivity index (χ1n) is 10.6. The number of thioether (sulfide) groups is 1. The molecule has 35 heavy (non-hydrogen) atoms. The maximum Gasteiger partial charge on any atom is 0.293 e. The van der Waals surface area contributed by atoms with E-state index in [-0.39, 0.29) is 24.3 Å². The highest BCUT2D eigenvalue weighted by Gasteiger charge is 2.34. The standard InChI is InChI=1S/C26H21Cl2NO5S/c1-32-22-4-2-3-5-23(22)33-13-12-29-25(30)24(35-26(29)31)15-18-8-11-21(20(28)14-18)34-16-17-6-9-19(27)10-7-17/h2-11,14-15H,12-13,16H2,1H3/b24-15-. The fraction of sp³-hybridized carbons (Fsp3) is 0.154. The van der Waals surface area contributed by atoms with E-state index in [1.807, 2.05) is 24.3 Å². The zero-order valence-corrected chi connectivity index (χ0v) is 21.0. The predicted octanol–water partition coefficient (Wildman–Crippen LogP) is 6.70. The molecule has 1 heterocycles. The molecule has 0 unspecified atom stereocenters. The number of hydrogen-bond donors (Lipinski definition) is 0. The van der Waals surface area contributed by atoms with Crippen LogP contribution >= 0.6 is 35.0 Å². The minimum Gasteiger partial charge on any atom is -0.493 e. The summed E-state index contributed by atoms with van der Waals surface area (Å²) < 4.78 is 16.7. The third kappa shape index (κ3) is 6.31. The van der Waals surface area contributed by atoms with Crippen LogP contribution in [-0.2, 0) is 11.4 Å². The Morgan fingerprint density at radius 2 is 1.66 bits per heavy atom. The average molecular weight is 530 g/mol. The van der Waals surface area contributed by atoms with Crippen LogP contribution in [0.3, 0.4) is 0 Å². The van der Waals surface area contributed by atoms with Crippen LogP contribution in [0, 0.1) is 0 Å². The summed E-state index contributed by atoms with van der Waals surface area (Å²) in [5.41, 5.74) is 1.64. The molecule has 0 radical (unpaired) electrons. The third-order valence-corrected chi connectivity index (χ3v) is 6.53. The fourth-order valence-electron chi connectivity index (χ4n) is 3.29. The number of para-hydroxylation sites is 2. The van der Waals surface area contributed by atoms with Crippen molar-refractivity contribution in [2.45, 2.75) is 6.61 Å². The van der Waals surface area contributed by atoms with Crippen molar-refractivity contribution in [3.63, 3.8) is 0 Å². The zero-order chi connectivity index (χ0) is 24.8. The Morgan fingerprint density at radius 3 is 2.37 bits per heavy atom. The van der Waals surface area contributed by atoms with Crippen LogP contribution in [0.5, 0.6) is 17.2 Å². The Morgan fingerprint density at radius 1 is 0.914 bits per heavy atom. The number of ether oxygens (including phenoxy) is 3. The maximum atomic E-state index is 12.8. The normalized spacial score (nSPS) is 14.5. The van der Waals surface area contributed by atoms with Crippen molar-refractivity contribution in [3.05, 3.63) is 92.8 Å². The summed E-state index contributed by atoms with van der Waals surface area (Å²) in [7, 11) is 1.55. The lowest BCUT2D eigenvalue weighted by Gasteiger charge is -2.14. The van der Waals surface area contributed by atoms with Crippen LogP contribution in [0.15, 0.2) is 71.6 Å². The first-order chi connectivity index (χ1) is 16.9. The molecular formula is C26H21Cl2NO5S. The van der Waals surface area contributed by atoms with Crippen molar-refractivity contribution in [1.82, 2.24) is 4.90 Å². The Hall–Kier alpha value is -3.13. The van der Waals surface area contributed by atoms with Gasteiger partial charge in [0.15, 0.2) is 11.5 Å². The molecule has 0 spiro atoms. The molecule has 6 nitrogen and oxygen atoms in total. The molecule has 0 bridgehead atoms. The van der Waals surface area contributed by atoms with Gasteiger partial charge < -0.3 is 14.2 Å². The molecule has 9 heteroatoms. The number of rotatable bonds is 9. The summed E-state index contributed by atoms with van der Waals surface area (Å²) in [5.74, 6) is 1.27. The minimum atomic E-state index is -0.372. The molecule has 0 saturated carbocycles. The first-order valence-corrected chi connectivity index (χ1v) is 12.2. The van der Waals surface area contributed by atoms with E-state index < -0.39 is 0 Å². The van der Waals surface area contributed by atoms with Crippen molar-refractivity contribution in [2.75, 3.05) is 20.3 Å². The van der Waals surface area contributed by atoms with Crippen molar-refractivity contribution < 1.29 is 23.8 Å². The van der Waals surface area contributed by atoms with Crippen LogP contribution in [0.2, 0.25) is 10.0 Å². The highest BCUT2D eigenvalue weighted by atomic mass is 35.5. The number of carbonyl (C=O) groups excluding carboxylic acids is 2. The summed E-state index contributed by atoms with van der Waals surface area (Å²) in [6.45, 7) is 0.613. The third-order valence-electron chi connectivity index (χ3n) is 5.08. The van der Waals surface area contributed by atoms with Gasteiger partial charge in [0.05, 0.1) is 23.6 Å². The van der Waals surface area contributed by atoms with E-state index in [1.165, 1.54) is 0 Å². The molecule has 1 saturated heterocycles. The average Bonchev–Trinajstić information content (AvgIpc) is 3.12. The summed E-state index contributed by atoms with van der Waals surface area (Å²) in [4.78, 5) is 26.7. The second-order valence-corrected chi connectivity index (χ2v) is 9.27. The molecule has 0 aromatic heterocycles. The second kappa shape index (κ2) is 11.5. The van der Waals surface area contributed by atoms with E-state index in [4.69, 9.17) is 37.4 Å². The molecule has 4 rings (SSSR count). The molecule has 2 amide bonds. The van der Waals surface area contributed by atoms with E-state index in [0.29, 0.717) is 44.4 Å². The van der Waals surface area contributed by atoms with Crippen LogP contribution in [-0.4, -0.2) is 36.3 Å². The molecule has 0 atom stereocenters. The van der Waals surface area contributed by atoms with E-state index in [9.17, 15) is 9.59 Å². The highest BCUT2D eigenvalue weighted by molar-refractivity contribution is 8.18. The largest absolute Gasteiger partial charge is 0.493 e. The number of hydrogen-bond acceptors (Lipinski definition) is 6. The van der Waals surface area contributed by atoms with Gasteiger partial charge in [-0.15, -0.1) is 0 Å². The van der Waals surface area contributed by atoms with E-state index in [0.717, 1.165) is 22.2 Å². The minimum absolute atomic E-state index is 0.123. The highest BCUT2D eigenvalue weighted by Crippen LogP contribution is 2.34. The Kier molecular flexibility index (Phi) is 8.23. The summed E-state index contributed by atoms with van der Waals surface area (Å²) in [5, 5.41) is 0.709. The summed E-state index contributed by atoms with van der Waals surface area (Å²) in [6, 6.07) is 19.7. The SMILES string of the molecule is COc1ccccc1OCCN1C(=O)S/C(=C\c2ccc(OCc3ccc(Cl)cc3)c(Cl)c2)C1=O. The second-order valence-electron chi connectivity index (χ2n) is 7.44. The topological polar surface area (TPSA) is 65.1 Å². The number of methoxy groups -OCH3 is 1. The first kappa shape index (κ1) is 25.0. The van der Waals surface area contributed by atoms with Gasteiger partial charge in [-0.3, -0.25) is 14.5 Å². The van der Waals surface area contributed by atoms with Crippen LogP contribution in [0.25, 0.3) is 6.08 Å². The van der Waals surface area contributed by atoms with E-state index in [1.54, 1.807) is 55.7 Å². The van der Waals surface area contributed by atoms with E-state index >= 15 is 0 Å². The number of carbonyl (C=O) groups is 2. The Labute approximate surface area is 217 Å². The zero-order valence-electron chi connectivity index (χ0n) is 18.7. The van der Waals surface area contributed by atoms with Crippen LogP contribution in [0.1, 0.15) is 11.1 Å². The van der Waals surface area contributed by atoms with Crippen molar-refractivity contribution in [3.8, 4) is 17.2 Å². The molecule has 3 aromatic carbocycles. The van der Waals surface area contributed by atoms with Crippen molar-refractivity contribution in [1.29, 1.82) is 0 Å². The van der Waals surface area contributed by atoms with Gasteiger partial charge in [-0.1, -0.05) is 53.5 Å². The van der Waals surface area contributed by atoms with Crippen LogP contribution in [0.4, 0.5) is 4.79 Å². The van der Waals surface area contributed by atoms with Gasteiger partial charge in [-0.25, -0.2) is 0 Å². The number of benzene rings is 3. The van der Waals surface area contributed by atoms with Gasteiger partial charge in [0.1, 0.15) is 19.0 Å². The quantitative estimate of drug-likeness (QED) is 0.287. The number of nitrogens with zero attached hydrogens (tertiary/aromatic N) is 1. The van der Waals surface area contributed by atoms with Gasteiger partial charge in [-0.2, -0.15) is 0 Å². The molecule has 1 aliphatic heterocycles. The Balaban J connectivity index is 1.36. The molecule has 0 aliphatic carbocycles. The van der Waals surface area contributed by atoms with Gasteiger partial charge in [0.2, 0.25) is 0 Å². The number of imide groups is 1. The molecule has 0 N–H and O–H groups in total. The van der Waals surface area contributed by atoms with E-state index in [2.05, 4.69) is 0 Å². The fourth-order valence-corrected chi connectivity index (χ4v) is 4.53. The van der Waals surface area contributed by atoms with Crippen LogP contribution < -0.4 is 14.2 Å². The maximum absolute atomic E-state index is 12.8. The smallest absolute Gasteiger partial charge is 0.293 e. The predicted molar refractivity (Wildman–Crippen MR) is 138 cm³/mol. The van der Waals surface area contributed by atoms with Gasteiger partial charge >= 0.3 is 0 Å². The molecular weight excluding hydrogens is 509 g/mol. The lowest BCUT2D eigenvalue weighted by atomic mass is 10.2. The molecule has 1 aliphatic rings.